The number of benzene rings is 1. The molecule has 23 heavy (non-hydrogen) atoms. The zero-order valence-electron chi connectivity index (χ0n) is 14.8. The van der Waals surface area contributed by atoms with Gasteiger partial charge in [0.15, 0.2) is 0 Å². The Kier molecular flexibility index (Phi) is 6.46. The van der Waals surface area contributed by atoms with E-state index in [4.69, 9.17) is 4.74 Å². The van der Waals surface area contributed by atoms with Crippen LogP contribution in [0.2, 0.25) is 0 Å². The Morgan fingerprint density at radius 3 is 2.52 bits per heavy atom. The monoisotopic (exact) mass is 318 g/mol. The Hall–Kier alpha value is -1.55. The molecule has 0 aliphatic carbocycles. The first kappa shape index (κ1) is 17.8. The Bertz CT molecular complexity index is 508. The van der Waals surface area contributed by atoms with E-state index in [1.165, 1.54) is 5.56 Å². The summed E-state index contributed by atoms with van der Waals surface area (Å²) in [4.78, 5) is 14.0. The highest BCUT2D eigenvalue weighted by Gasteiger charge is 2.25. The smallest absolute Gasteiger partial charge is 0.225 e. The molecular formula is C19H30N2O2. The summed E-state index contributed by atoms with van der Waals surface area (Å²) in [5.74, 6) is 1.34. The predicted octanol–water partition coefficient (Wildman–Crippen LogP) is 2.86. The third-order valence-electron chi connectivity index (χ3n) is 4.54. The van der Waals surface area contributed by atoms with Crippen LogP contribution in [0, 0.1) is 5.92 Å². The molecule has 1 N–H and O–H groups in total. The molecule has 1 amide bonds. The van der Waals surface area contributed by atoms with E-state index < -0.39 is 0 Å². The second-order valence-electron chi connectivity index (χ2n) is 6.84. The number of rotatable bonds is 6. The summed E-state index contributed by atoms with van der Waals surface area (Å²) >= 11 is 0. The zero-order chi connectivity index (χ0) is 16.8. The van der Waals surface area contributed by atoms with Gasteiger partial charge in [0, 0.05) is 31.1 Å². The van der Waals surface area contributed by atoms with Gasteiger partial charge in [-0.05, 0) is 37.8 Å². The maximum absolute atomic E-state index is 12.0. The number of nitrogens with zero attached hydrogens (tertiary/aromatic N) is 1. The fourth-order valence-corrected chi connectivity index (χ4v) is 3.29. The van der Waals surface area contributed by atoms with Crippen molar-refractivity contribution >= 4 is 5.91 Å². The average Bonchev–Trinajstić information content (AvgIpc) is 2.55. The number of methoxy groups -OCH3 is 1. The SMILES string of the molecule is COc1ccccc1CC(C)NC1CCN(C(=O)C(C)C)CC1. The number of hydrogen-bond donors (Lipinski definition) is 1. The largest absolute Gasteiger partial charge is 0.496 e. The van der Waals surface area contributed by atoms with Gasteiger partial charge < -0.3 is 15.0 Å². The molecule has 0 radical (unpaired) electrons. The van der Waals surface area contributed by atoms with E-state index in [9.17, 15) is 4.79 Å². The molecule has 128 valence electrons. The Balaban J connectivity index is 1.81. The van der Waals surface area contributed by atoms with Crippen molar-refractivity contribution < 1.29 is 9.53 Å². The first-order valence-electron chi connectivity index (χ1n) is 8.68. The second kappa shape index (κ2) is 8.34. The van der Waals surface area contributed by atoms with Gasteiger partial charge >= 0.3 is 0 Å². The number of para-hydroxylation sites is 1. The van der Waals surface area contributed by atoms with Crippen molar-refractivity contribution in [3.63, 3.8) is 0 Å². The van der Waals surface area contributed by atoms with Crippen molar-refractivity contribution in [3.8, 4) is 5.75 Å². The van der Waals surface area contributed by atoms with Crippen LogP contribution in [0.1, 0.15) is 39.2 Å². The van der Waals surface area contributed by atoms with Crippen LogP contribution in [0.5, 0.6) is 5.75 Å². The third-order valence-corrected chi connectivity index (χ3v) is 4.54. The van der Waals surface area contributed by atoms with Crippen molar-refractivity contribution in [2.45, 2.75) is 52.1 Å². The lowest BCUT2D eigenvalue weighted by Gasteiger charge is -2.35. The van der Waals surface area contributed by atoms with Crippen LogP contribution in [0.4, 0.5) is 0 Å². The molecular weight excluding hydrogens is 288 g/mol. The summed E-state index contributed by atoms with van der Waals surface area (Å²) in [6.07, 6.45) is 3.03. The summed E-state index contributed by atoms with van der Waals surface area (Å²) in [5.41, 5.74) is 1.24. The van der Waals surface area contributed by atoms with Crippen LogP contribution in [-0.4, -0.2) is 43.1 Å². The highest BCUT2D eigenvalue weighted by molar-refractivity contribution is 5.78. The number of piperidine rings is 1. The molecule has 4 nitrogen and oxygen atoms in total. The minimum atomic E-state index is 0.101. The number of likely N-dealkylation sites (tertiary alicyclic amines) is 1. The normalized spacial score (nSPS) is 17.3. The molecule has 0 saturated carbocycles. The molecule has 1 heterocycles. The summed E-state index contributed by atoms with van der Waals surface area (Å²) < 4.78 is 5.43. The predicted molar refractivity (Wildman–Crippen MR) is 93.7 cm³/mol. The Labute approximate surface area is 140 Å². The number of nitrogens with one attached hydrogen (secondary N) is 1. The molecule has 1 fully saturated rings. The molecule has 1 atom stereocenters. The lowest BCUT2D eigenvalue weighted by molar-refractivity contribution is -0.135. The van der Waals surface area contributed by atoms with Crippen LogP contribution in [0.3, 0.4) is 0 Å². The number of carbonyl (C=O) groups excluding carboxylic acids is 1. The quantitative estimate of drug-likeness (QED) is 0.877. The molecule has 1 aliphatic rings. The molecule has 0 spiro atoms. The van der Waals surface area contributed by atoms with E-state index in [2.05, 4.69) is 24.4 Å². The van der Waals surface area contributed by atoms with E-state index in [1.54, 1.807) is 7.11 Å². The van der Waals surface area contributed by atoms with E-state index >= 15 is 0 Å². The Morgan fingerprint density at radius 1 is 1.26 bits per heavy atom. The number of ether oxygens (including phenoxy) is 1. The first-order valence-corrected chi connectivity index (χ1v) is 8.68. The van der Waals surface area contributed by atoms with Gasteiger partial charge in [-0.15, -0.1) is 0 Å². The van der Waals surface area contributed by atoms with Crippen molar-refractivity contribution in [3.05, 3.63) is 29.8 Å². The van der Waals surface area contributed by atoms with Gasteiger partial charge in [0.25, 0.3) is 0 Å². The second-order valence-corrected chi connectivity index (χ2v) is 6.84. The van der Waals surface area contributed by atoms with Crippen LogP contribution >= 0.6 is 0 Å². The molecule has 1 aliphatic heterocycles. The fourth-order valence-electron chi connectivity index (χ4n) is 3.29. The number of amides is 1. The van der Waals surface area contributed by atoms with Gasteiger partial charge in [0.2, 0.25) is 5.91 Å². The number of carbonyl (C=O) groups is 1. The van der Waals surface area contributed by atoms with Crippen LogP contribution < -0.4 is 10.1 Å². The van der Waals surface area contributed by atoms with Crippen molar-refractivity contribution in [1.29, 1.82) is 0 Å². The average molecular weight is 318 g/mol. The highest BCUT2D eigenvalue weighted by Crippen LogP contribution is 2.20. The van der Waals surface area contributed by atoms with E-state index in [1.807, 2.05) is 30.9 Å². The van der Waals surface area contributed by atoms with Gasteiger partial charge in [-0.25, -0.2) is 0 Å². The van der Waals surface area contributed by atoms with Gasteiger partial charge in [-0.1, -0.05) is 32.0 Å². The molecule has 1 aromatic carbocycles. The summed E-state index contributed by atoms with van der Waals surface area (Å²) in [6, 6.07) is 9.08. The van der Waals surface area contributed by atoms with Crippen molar-refractivity contribution in [2.75, 3.05) is 20.2 Å². The number of hydrogen-bond acceptors (Lipinski definition) is 3. The van der Waals surface area contributed by atoms with Gasteiger partial charge in [-0.2, -0.15) is 0 Å². The topological polar surface area (TPSA) is 41.6 Å². The molecule has 0 bridgehead atoms. The van der Waals surface area contributed by atoms with E-state index in [0.29, 0.717) is 12.1 Å². The maximum atomic E-state index is 12.0. The summed E-state index contributed by atoms with van der Waals surface area (Å²) in [5, 5.41) is 3.71. The van der Waals surface area contributed by atoms with Crippen LogP contribution in [-0.2, 0) is 11.2 Å². The molecule has 2 rings (SSSR count). The molecule has 1 unspecified atom stereocenters. The standard InChI is InChI=1S/C19H30N2O2/c1-14(2)19(22)21-11-9-17(10-12-21)20-15(3)13-16-7-5-6-8-18(16)23-4/h5-8,14-15,17,20H,9-13H2,1-4H3. The van der Waals surface area contributed by atoms with E-state index in [0.717, 1.165) is 38.1 Å². The molecule has 1 aromatic rings. The highest BCUT2D eigenvalue weighted by atomic mass is 16.5. The first-order chi connectivity index (χ1) is 11.0. The molecule has 1 saturated heterocycles. The van der Waals surface area contributed by atoms with Crippen LogP contribution in [0.15, 0.2) is 24.3 Å². The van der Waals surface area contributed by atoms with E-state index in [-0.39, 0.29) is 11.8 Å². The van der Waals surface area contributed by atoms with Crippen LogP contribution in [0.25, 0.3) is 0 Å². The third kappa shape index (κ3) is 4.96. The summed E-state index contributed by atoms with van der Waals surface area (Å²) in [6.45, 7) is 7.91. The lowest BCUT2D eigenvalue weighted by Crippen LogP contribution is -2.48. The zero-order valence-corrected chi connectivity index (χ0v) is 14.8. The van der Waals surface area contributed by atoms with Gasteiger partial charge in [-0.3, -0.25) is 4.79 Å². The maximum Gasteiger partial charge on any atom is 0.225 e. The molecule has 4 heteroatoms. The molecule has 0 aromatic heterocycles. The van der Waals surface area contributed by atoms with Gasteiger partial charge in [0.05, 0.1) is 7.11 Å². The lowest BCUT2D eigenvalue weighted by atomic mass is 10.00. The van der Waals surface area contributed by atoms with Crippen molar-refractivity contribution in [1.82, 2.24) is 10.2 Å². The fraction of sp³-hybridized carbons (Fsp3) is 0.632. The minimum Gasteiger partial charge on any atom is -0.496 e. The summed E-state index contributed by atoms with van der Waals surface area (Å²) in [7, 11) is 1.72. The minimum absolute atomic E-state index is 0.101. The van der Waals surface area contributed by atoms with Crippen molar-refractivity contribution in [2.24, 2.45) is 5.92 Å². The Morgan fingerprint density at radius 2 is 1.91 bits per heavy atom. The van der Waals surface area contributed by atoms with Gasteiger partial charge in [0.1, 0.15) is 5.75 Å².